The summed E-state index contributed by atoms with van der Waals surface area (Å²) >= 11 is 0. The van der Waals surface area contributed by atoms with Crippen molar-refractivity contribution in [1.82, 2.24) is 9.80 Å². The third-order valence-electron chi connectivity index (χ3n) is 6.10. The Balaban J connectivity index is 1.34. The van der Waals surface area contributed by atoms with E-state index in [1.165, 1.54) is 11.0 Å². The van der Waals surface area contributed by atoms with Gasteiger partial charge in [-0.25, -0.2) is 9.18 Å². The van der Waals surface area contributed by atoms with Gasteiger partial charge in [0.05, 0.1) is 26.8 Å². The van der Waals surface area contributed by atoms with Gasteiger partial charge in [0.2, 0.25) is 0 Å². The Labute approximate surface area is 152 Å². The number of piperidine rings is 1. The second-order valence-corrected chi connectivity index (χ2v) is 7.69. The largest absolute Gasteiger partial charge is 0.496 e. The Bertz CT molecular complexity index is 684. The average Bonchev–Trinajstić information content (AvgIpc) is 3.06. The van der Waals surface area contributed by atoms with Gasteiger partial charge in [-0.3, -0.25) is 4.90 Å². The van der Waals surface area contributed by atoms with Gasteiger partial charge in [-0.15, -0.1) is 0 Å². The fraction of sp³-hybridized carbons (Fsp3) is 0.632. The number of nitrogens with zero attached hydrogens (tertiary/aromatic N) is 2. The first-order chi connectivity index (χ1) is 12.5. The van der Waals surface area contributed by atoms with Gasteiger partial charge < -0.3 is 19.5 Å². The van der Waals surface area contributed by atoms with E-state index in [4.69, 9.17) is 14.6 Å². The van der Waals surface area contributed by atoms with Crippen LogP contribution in [0.2, 0.25) is 0 Å². The molecule has 0 radical (unpaired) electrons. The molecule has 1 unspecified atom stereocenters. The van der Waals surface area contributed by atoms with Crippen LogP contribution in [0.15, 0.2) is 18.2 Å². The van der Waals surface area contributed by atoms with E-state index in [0.717, 1.165) is 43.7 Å². The molecule has 6 nitrogen and oxygen atoms in total. The lowest BCUT2D eigenvalue weighted by Crippen LogP contribution is -2.63. The smallest absolute Gasteiger partial charge is 0.407 e. The Morgan fingerprint density at radius 3 is 2.73 bits per heavy atom. The Hall–Kier alpha value is -1.86. The lowest BCUT2D eigenvalue weighted by Gasteiger charge is -2.45. The summed E-state index contributed by atoms with van der Waals surface area (Å²) < 4.78 is 25.0. The van der Waals surface area contributed by atoms with E-state index >= 15 is 0 Å². The van der Waals surface area contributed by atoms with Crippen LogP contribution in [-0.2, 0) is 4.74 Å². The maximum atomic E-state index is 13.7. The monoisotopic (exact) mass is 364 g/mol. The van der Waals surface area contributed by atoms with Crippen LogP contribution < -0.4 is 4.74 Å². The van der Waals surface area contributed by atoms with Crippen LogP contribution >= 0.6 is 0 Å². The van der Waals surface area contributed by atoms with Gasteiger partial charge >= 0.3 is 6.09 Å². The summed E-state index contributed by atoms with van der Waals surface area (Å²) in [6.45, 7) is 3.52. The van der Waals surface area contributed by atoms with Crippen molar-refractivity contribution in [3.8, 4) is 5.75 Å². The number of halogens is 1. The first-order valence-corrected chi connectivity index (χ1v) is 9.19. The quantitative estimate of drug-likeness (QED) is 0.893. The summed E-state index contributed by atoms with van der Waals surface area (Å²) in [6.07, 6.45) is 1.95. The van der Waals surface area contributed by atoms with E-state index in [1.54, 1.807) is 19.2 Å². The summed E-state index contributed by atoms with van der Waals surface area (Å²) in [6, 6.07) is 5.09. The highest BCUT2D eigenvalue weighted by Gasteiger charge is 2.52. The first kappa shape index (κ1) is 17.5. The average molecular weight is 364 g/mol. The summed E-state index contributed by atoms with van der Waals surface area (Å²) in [5.41, 5.74) is 0.688. The van der Waals surface area contributed by atoms with Gasteiger partial charge in [0.15, 0.2) is 0 Å². The number of likely N-dealkylation sites (tertiary alicyclic amines) is 2. The molecular weight excluding hydrogens is 339 g/mol. The normalized spacial score (nSPS) is 26.1. The van der Waals surface area contributed by atoms with Crippen molar-refractivity contribution in [1.29, 1.82) is 0 Å². The molecule has 142 valence electrons. The van der Waals surface area contributed by atoms with Crippen molar-refractivity contribution in [2.24, 2.45) is 0 Å². The SMILES string of the molecule is COc1ccc(F)cc1C1CCN(C2COC3(C2)CN(C(=O)O)C3)CC1. The molecule has 3 fully saturated rings. The third-order valence-corrected chi connectivity index (χ3v) is 6.10. The molecule has 3 aliphatic rings. The van der Waals surface area contributed by atoms with Crippen LogP contribution in [0.1, 0.15) is 30.7 Å². The minimum atomic E-state index is -0.868. The molecule has 4 rings (SSSR count). The lowest BCUT2D eigenvalue weighted by atomic mass is 9.86. The number of benzene rings is 1. The minimum Gasteiger partial charge on any atom is -0.496 e. The van der Waals surface area contributed by atoms with Crippen molar-refractivity contribution < 1.29 is 23.8 Å². The maximum Gasteiger partial charge on any atom is 0.407 e. The number of methoxy groups -OCH3 is 1. The molecule has 3 aliphatic heterocycles. The fourth-order valence-electron chi connectivity index (χ4n) is 4.66. The van der Waals surface area contributed by atoms with Crippen LogP contribution in [0.3, 0.4) is 0 Å². The molecule has 26 heavy (non-hydrogen) atoms. The number of rotatable bonds is 3. The van der Waals surface area contributed by atoms with Crippen molar-refractivity contribution in [2.45, 2.75) is 36.8 Å². The standard InChI is InChI=1S/C19H25FN2O4/c1-25-17-3-2-14(20)8-16(17)13-4-6-21(7-5-13)15-9-19(26-10-15)11-22(12-19)18(23)24/h2-3,8,13,15H,4-7,9-12H2,1H3,(H,23,24). The van der Waals surface area contributed by atoms with Gasteiger partial charge in [-0.05, 0) is 56.5 Å². The number of carbonyl (C=O) groups is 1. The van der Waals surface area contributed by atoms with E-state index in [9.17, 15) is 9.18 Å². The van der Waals surface area contributed by atoms with Crippen LogP contribution in [-0.4, -0.2) is 72.5 Å². The number of hydrogen-bond acceptors (Lipinski definition) is 4. The maximum absolute atomic E-state index is 13.7. The Morgan fingerprint density at radius 1 is 1.35 bits per heavy atom. The number of hydrogen-bond donors (Lipinski definition) is 1. The van der Waals surface area contributed by atoms with E-state index in [1.807, 2.05) is 0 Å². The zero-order valence-electron chi connectivity index (χ0n) is 15.0. The second kappa shape index (κ2) is 6.70. The van der Waals surface area contributed by atoms with Crippen LogP contribution in [0.25, 0.3) is 0 Å². The van der Waals surface area contributed by atoms with Crippen molar-refractivity contribution >= 4 is 6.09 Å². The Morgan fingerprint density at radius 2 is 2.08 bits per heavy atom. The summed E-state index contributed by atoms with van der Waals surface area (Å²) in [4.78, 5) is 14.8. The molecule has 1 aromatic rings. The molecule has 1 atom stereocenters. The summed E-state index contributed by atoms with van der Waals surface area (Å²) in [7, 11) is 1.63. The van der Waals surface area contributed by atoms with E-state index in [-0.39, 0.29) is 11.4 Å². The molecule has 0 aromatic heterocycles. The van der Waals surface area contributed by atoms with Crippen molar-refractivity contribution in [2.75, 3.05) is 39.9 Å². The molecule has 0 aliphatic carbocycles. The van der Waals surface area contributed by atoms with Crippen molar-refractivity contribution in [3.63, 3.8) is 0 Å². The molecule has 0 saturated carbocycles. The highest BCUT2D eigenvalue weighted by molar-refractivity contribution is 5.66. The number of ether oxygens (including phenoxy) is 2. The molecule has 3 heterocycles. The van der Waals surface area contributed by atoms with Gasteiger partial charge in [-0.1, -0.05) is 0 Å². The van der Waals surface area contributed by atoms with Gasteiger partial charge in [0, 0.05) is 11.6 Å². The second-order valence-electron chi connectivity index (χ2n) is 7.69. The predicted octanol–water partition coefficient (Wildman–Crippen LogP) is 2.54. The summed E-state index contributed by atoms with van der Waals surface area (Å²) in [5, 5.41) is 9.01. The molecule has 1 aromatic carbocycles. The predicted molar refractivity (Wildman–Crippen MR) is 93.2 cm³/mol. The van der Waals surface area contributed by atoms with Crippen LogP contribution in [0, 0.1) is 5.82 Å². The minimum absolute atomic E-state index is 0.220. The Kier molecular flexibility index (Phi) is 4.52. The number of amides is 1. The molecular formula is C19H25FN2O4. The molecule has 0 bridgehead atoms. The van der Waals surface area contributed by atoms with E-state index < -0.39 is 6.09 Å². The van der Waals surface area contributed by atoms with Crippen molar-refractivity contribution in [3.05, 3.63) is 29.6 Å². The molecule has 1 amide bonds. The van der Waals surface area contributed by atoms with E-state index in [0.29, 0.717) is 31.7 Å². The molecule has 3 saturated heterocycles. The molecule has 1 spiro atoms. The van der Waals surface area contributed by atoms with Crippen LogP contribution in [0.4, 0.5) is 9.18 Å². The lowest BCUT2D eigenvalue weighted by molar-refractivity contribution is -0.0982. The zero-order valence-corrected chi connectivity index (χ0v) is 15.0. The first-order valence-electron chi connectivity index (χ1n) is 9.19. The molecule has 7 heteroatoms. The summed E-state index contributed by atoms with van der Waals surface area (Å²) in [5.74, 6) is 0.845. The zero-order chi connectivity index (χ0) is 18.3. The fourth-order valence-corrected chi connectivity index (χ4v) is 4.66. The highest BCUT2D eigenvalue weighted by Crippen LogP contribution is 2.40. The highest BCUT2D eigenvalue weighted by atomic mass is 19.1. The van der Waals surface area contributed by atoms with Gasteiger partial charge in [-0.2, -0.15) is 0 Å². The van der Waals surface area contributed by atoms with Gasteiger partial charge in [0.25, 0.3) is 0 Å². The topological polar surface area (TPSA) is 62.2 Å². The third kappa shape index (κ3) is 3.14. The molecule has 1 N–H and O–H groups in total. The van der Waals surface area contributed by atoms with Crippen LogP contribution in [0.5, 0.6) is 5.75 Å². The van der Waals surface area contributed by atoms with Gasteiger partial charge in [0.1, 0.15) is 17.2 Å². The number of carboxylic acid groups (broad SMARTS) is 1. The van der Waals surface area contributed by atoms with E-state index in [2.05, 4.69) is 4.90 Å².